The average molecular weight is 509 g/mol. The van der Waals surface area contributed by atoms with Crippen molar-refractivity contribution in [2.45, 2.75) is 37.3 Å². The minimum atomic E-state index is -4.57. The van der Waals surface area contributed by atoms with Crippen LogP contribution in [-0.2, 0) is 11.8 Å². The number of hydrogen-bond donors (Lipinski definition) is 1. The maximum absolute atomic E-state index is 14.8. The summed E-state index contributed by atoms with van der Waals surface area (Å²) < 4.78 is 63.2. The van der Waals surface area contributed by atoms with Crippen LogP contribution < -0.4 is 4.74 Å². The van der Waals surface area contributed by atoms with E-state index in [9.17, 15) is 27.2 Å². The lowest BCUT2D eigenvalue weighted by Crippen LogP contribution is -2.32. The van der Waals surface area contributed by atoms with E-state index in [2.05, 4.69) is 5.10 Å². The van der Waals surface area contributed by atoms with E-state index in [1.165, 1.54) is 30.3 Å². The van der Waals surface area contributed by atoms with Gasteiger partial charge in [0.05, 0.1) is 33.9 Å². The molecule has 0 radical (unpaired) electrons. The Morgan fingerprint density at radius 3 is 2.54 bits per heavy atom. The second-order valence-electron chi connectivity index (χ2n) is 8.54. The van der Waals surface area contributed by atoms with Crippen molar-refractivity contribution >= 4 is 23.5 Å². The Kier molecular flexibility index (Phi) is 5.39. The van der Waals surface area contributed by atoms with Gasteiger partial charge in [-0.15, -0.1) is 0 Å². The smallest absolute Gasteiger partial charge is 0.398 e. The number of fused-ring (bicyclic) bond motifs is 1. The molecule has 35 heavy (non-hydrogen) atoms. The van der Waals surface area contributed by atoms with Gasteiger partial charge >= 0.3 is 12.1 Å². The lowest BCUT2D eigenvalue weighted by Gasteiger charge is -2.23. The number of alkyl halides is 3. The summed E-state index contributed by atoms with van der Waals surface area (Å²) in [6, 6.07) is 7.16. The highest BCUT2D eigenvalue weighted by atomic mass is 35.5. The zero-order chi connectivity index (χ0) is 25.1. The number of ether oxygens (including phenoxy) is 1. The monoisotopic (exact) mass is 508 g/mol. The lowest BCUT2D eigenvalue weighted by molar-refractivity contribution is -0.160. The third-order valence-corrected chi connectivity index (χ3v) is 6.75. The predicted molar refractivity (Wildman–Crippen MR) is 117 cm³/mol. The summed E-state index contributed by atoms with van der Waals surface area (Å²) in [6.07, 6.45) is -4.08. The van der Waals surface area contributed by atoms with Crippen molar-refractivity contribution in [2.75, 3.05) is 6.61 Å². The second-order valence-corrected chi connectivity index (χ2v) is 8.94. The van der Waals surface area contributed by atoms with E-state index in [1.54, 1.807) is 0 Å². The summed E-state index contributed by atoms with van der Waals surface area (Å²) in [6.45, 7) is 0.267. The maximum atomic E-state index is 14.8. The van der Waals surface area contributed by atoms with Crippen LogP contribution in [-0.4, -0.2) is 39.5 Å². The molecular formula is C24H17ClF4N2O4. The standard InChI is InChI=1S/C24H17ClF4N2O4/c25-15-4-1-3-14(23(8-9-23)24(27,28)29)18(15)21(32)31-17-5-2-10-35-20(17)19(30-31)13-7-6-12(22(33)34)11-16(13)26/h1,3-4,6-7,11H,2,5,8-10H2,(H,33,34). The van der Waals surface area contributed by atoms with Crippen LogP contribution in [0.2, 0.25) is 5.02 Å². The Bertz CT molecular complexity index is 1380. The Morgan fingerprint density at radius 1 is 1.17 bits per heavy atom. The normalized spacial score (nSPS) is 16.4. The number of carbonyl (C=O) groups excluding carboxylic acids is 1. The van der Waals surface area contributed by atoms with E-state index in [4.69, 9.17) is 21.4 Å². The Labute approximate surface area is 201 Å². The van der Waals surface area contributed by atoms with Gasteiger partial charge in [0.2, 0.25) is 0 Å². The first-order chi connectivity index (χ1) is 16.5. The van der Waals surface area contributed by atoms with Crippen molar-refractivity contribution in [2.24, 2.45) is 0 Å². The summed E-state index contributed by atoms with van der Waals surface area (Å²) in [5.74, 6) is -2.97. The number of aromatic carboxylic acids is 1. The van der Waals surface area contributed by atoms with Crippen LogP contribution >= 0.6 is 11.6 Å². The number of halogens is 5. The predicted octanol–water partition coefficient (Wildman–Crippen LogP) is 5.65. The number of rotatable bonds is 4. The van der Waals surface area contributed by atoms with Gasteiger partial charge in [-0.05, 0) is 55.5 Å². The van der Waals surface area contributed by atoms with Gasteiger partial charge in [0.25, 0.3) is 5.91 Å². The van der Waals surface area contributed by atoms with Gasteiger partial charge < -0.3 is 9.84 Å². The number of carboxylic acids is 1. The third-order valence-electron chi connectivity index (χ3n) is 6.44. The molecule has 2 aliphatic rings. The molecule has 11 heteroatoms. The van der Waals surface area contributed by atoms with Crippen molar-refractivity contribution in [1.29, 1.82) is 0 Å². The zero-order valence-electron chi connectivity index (χ0n) is 18.0. The molecule has 1 aliphatic heterocycles. The van der Waals surface area contributed by atoms with Gasteiger partial charge in [-0.1, -0.05) is 23.7 Å². The number of benzene rings is 2. The molecule has 3 aromatic rings. The summed E-state index contributed by atoms with van der Waals surface area (Å²) in [7, 11) is 0. The van der Waals surface area contributed by atoms with E-state index >= 15 is 0 Å². The highest BCUT2D eigenvalue weighted by molar-refractivity contribution is 6.34. The average Bonchev–Trinajstić information content (AvgIpc) is 3.55. The Balaban J connectivity index is 1.66. The molecule has 1 aliphatic carbocycles. The van der Waals surface area contributed by atoms with Gasteiger partial charge in [0, 0.05) is 5.56 Å². The third kappa shape index (κ3) is 3.67. The molecule has 6 nitrogen and oxygen atoms in total. The second kappa shape index (κ2) is 8.08. The van der Waals surface area contributed by atoms with Crippen molar-refractivity contribution in [3.63, 3.8) is 0 Å². The van der Waals surface area contributed by atoms with E-state index in [1.807, 2.05) is 0 Å². The number of nitrogens with zero attached hydrogens (tertiary/aromatic N) is 2. The minimum Gasteiger partial charge on any atom is -0.489 e. The van der Waals surface area contributed by atoms with Crippen molar-refractivity contribution in [3.05, 3.63) is 69.6 Å². The van der Waals surface area contributed by atoms with Gasteiger partial charge in [-0.2, -0.15) is 23.0 Å². The molecule has 0 saturated heterocycles. The molecule has 1 saturated carbocycles. The molecule has 0 spiro atoms. The van der Waals surface area contributed by atoms with Crippen LogP contribution in [0.25, 0.3) is 11.3 Å². The minimum absolute atomic E-state index is 0.0481. The lowest BCUT2D eigenvalue weighted by atomic mass is 9.90. The summed E-state index contributed by atoms with van der Waals surface area (Å²) in [5, 5.41) is 13.2. The topological polar surface area (TPSA) is 81.4 Å². The van der Waals surface area contributed by atoms with Gasteiger partial charge in [0.15, 0.2) is 5.75 Å². The number of hydrogen-bond acceptors (Lipinski definition) is 4. The Hall–Kier alpha value is -3.40. The van der Waals surface area contributed by atoms with Crippen molar-refractivity contribution in [3.8, 4) is 17.0 Å². The zero-order valence-corrected chi connectivity index (χ0v) is 18.7. The Morgan fingerprint density at radius 2 is 1.91 bits per heavy atom. The van der Waals surface area contributed by atoms with Crippen LogP contribution in [0.4, 0.5) is 17.6 Å². The number of carboxylic acid groups (broad SMARTS) is 1. The fraction of sp³-hybridized carbons (Fsp3) is 0.292. The maximum Gasteiger partial charge on any atom is 0.398 e. The van der Waals surface area contributed by atoms with Crippen molar-refractivity contribution < 1.29 is 37.0 Å². The highest BCUT2D eigenvalue weighted by Crippen LogP contribution is 2.60. The first-order valence-electron chi connectivity index (χ1n) is 10.7. The van der Waals surface area contributed by atoms with Gasteiger partial charge in [-0.3, -0.25) is 4.79 Å². The SMILES string of the molecule is O=C(O)c1ccc(-c2nn(C(=O)c3c(Cl)cccc3C3(C(F)(F)F)CC3)c3c2OCCC3)c(F)c1. The van der Waals surface area contributed by atoms with E-state index in [0.29, 0.717) is 12.8 Å². The molecule has 1 N–H and O–H groups in total. The first-order valence-corrected chi connectivity index (χ1v) is 11.1. The van der Waals surface area contributed by atoms with Crippen LogP contribution in [0.1, 0.15) is 51.2 Å². The van der Waals surface area contributed by atoms with E-state index in [-0.39, 0.29) is 63.9 Å². The molecule has 2 aromatic carbocycles. The first kappa shape index (κ1) is 23.3. The molecule has 182 valence electrons. The molecular weight excluding hydrogens is 492 g/mol. The number of aromatic nitrogens is 2. The fourth-order valence-corrected chi connectivity index (χ4v) is 4.74. The van der Waals surface area contributed by atoms with E-state index in [0.717, 1.165) is 10.7 Å². The number of carbonyl (C=O) groups is 2. The van der Waals surface area contributed by atoms with Crippen LogP contribution in [0.15, 0.2) is 36.4 Å². The summed E-state index contributed by atoms with van der Waals surface area (Å²) in [5.41, 5.74) is -2.84. The molecule has 0 bridgehead atoms. The molecule has 1 aromatic heterocycles. The molecule has 2 heterocycles. The molecule has 0 unspecified atom stereocenters. The molecule has 0 atom stereocenters. The quantitative estimate of drug-likeness (QED) is 0.461. The molecule has 1 fully saturated rings. The van der Waals surface area contributed by atoms with Crippen LogP contribution in [0.5, 0.6) is 5.75 Å². The van der Waals surface area contributed by atoms with Gasteiger partial charge in [-0.25, -0.2) is 9.18 Å². The van der Waals surface area contributed by atoms with Gasteiger partial charge in [0.1, 0.15) is 11.5 Å². The van der Waals surface area contributed by atoms with Crippen molar-refractivity contribution in [1.82, 2.24) is 9.78 Å². The summed E-state index contributed by atoms with van der Waals surface area (Å²) in [4.78, 5) is 24.8. The fourth-order valence-electron chi connectivity index (χ4n) is 4.48. The summed E-state index contributed by atoms with van der Waals surface area (Å²) >= 11 is 6.26. The highest BCUT2D eigenvalue weighted by Gasteiger charge is 2.65. The van der Waals surface area contributed by atoms with Crippen LogP contribution in [0, 0.1) is 5.82 Å². The molecule has 5 rings (SSSR count). The van der Waals surface area contributed by atoms with Crippen LogP contribution in [0.3, 0.4) is 0 Å². The largest absolute Gasteiger partial charge is 0.489 e. The van der Waals surface area contributed by atoms with E-state index < -0.39 is 29.3 Å². The molecule has 0 amide bonds.